The molecule has 0 spiro atoms. The lowest BCUT2D eigenvalue weighted by molar-refractivity contribution is -0.179. The van der Waals surface area contributed by atoms with E-state index in [9.17, 15) is 18.8 Å². The molecule has 2 unspecified atom stereocenters. The maximum Gasteiger partial charge on any atom is 0.358 e. The molecule has 8 heteroatoms. The summed E-state index contributed by atoms with van der Waals surface area (Å²) < 4.78 is 24.7. The third kappa shape index (κ3) is 4.13. The highest BCUT2D eigenvalue weighted by Gasteiger charge is 2.59. The van der Waals surface area contributed by atoms with E-state index in [0.717, 1.165) is 12.8 Å². The molecule has 120 valence electrons. The van der Waals surface area contributed by atoms with E-state index in [1.807, 2.05) is 13.8 Å². The molecule has 0 aromatic heterocycles. The minimum Gasteiger partial charge on any atom is -0.463 e. The van der Waals surface area contributed by atoms with E-state index in [0.29, 0.717) is 12.8 Å². The molecule has 21 heavy (non-hydrogen) atoms. The third-order valence-electron chi connectivity index (χ3n) is 2.99. The molecule has 2 N–H and O–H groups in total. The molecule has 1 aliphatic heterocycles. The monoisotopic (exact) mass is 304 g/mol. The summed E-state index contributed by atoms with van der Waals surface area (Å²) in [5, 5.41) is 3.82. The number of urea groups is 1. The van der Waals surface area contributed by atoms with E-state index in [1.54, 1.807) is 5.32 Å². The predicted octanol–water partition coefficient (Wildman–Crippen LogP) is 1.02. The normalized spacial score (nSPS) is 25.2. The summed E-state index contributed by atoms with van der Waals surface area (Å²) in [4.78, 5) is 34.8. The number of ether oxygens (including phenoxy) is 2. The van der Waals surface area contributed by atoms with Crippen molar-refractivity contribution in [3.05, 3.63) is 0 Å². The van der Waals surface area contributed by atoms with E-state index in [1.165, 1.54) is 0 Å². The van der Waals surface area contributed by atoms with Crippen molar-refractivity contribution in [2.24, 2.45) is 0 Å². The lowest BCUT2D eigenvalue weighted by Gasteiger charge is -2.34. The number of rotatable bonds is 8. The first-order chi connectivity index (χ1) is 9.96. The van der Waals surface area contributed by atoms with Gasteiger partial charge in [0, 0.05) is 6.61 Å². The fourth-order valence-electron chi connectivity index (χ4n) is 1.68. The molecule has 1 aliphatic rings. The summed E-state index contributed by atoms with van der Waals surface area (Å²) in [6.07, 6.45) is 1.02. The number of alkyl halides is 1. The van der Waals surface area contributed by atoms with Gasteiger partial charge in [-0.15, -0.1) is 0 Å². The number of esters is 1. The first-order valence-electron chi connectivity index (χ1n) is 7.06. The number of hydrogen-bond donors (Lipinski definition) is 2. The van der Waals surface area contributed by atoms with E-state index >= 15 is 0 Å². The molecule has 1 rings (SSSR count). The van der Waals surface area contributed by atoms with Crippen LogP contribution in [-0.2, 0) is 19.1 Å². The van der Waals surface area contributed by atoms with Crippen LogP contribution in [0, 0.1) is 0 Å². The minimum atomic E-state index is -3.07. The largest absolute Gasteiger partial charge is 0.463 e. The second kappa shape index (κ2) is 7.92. The average molecular weight is 304 g/mol. The molecular formula is C13H21FN2O5. The van der Waals surface area contributed by atoms with Crippen molar-refractivity contribution in [3.63, 3.8) is 0 Å². The molecule has 3 amide bonds. The zero-order chi connectivity index (χ0) is 15.9. The Kier molecular flexibility index (Phi) is 6.54. The lowest BCUT2D eigenvalue weighted by Crippen LogP contribution is -2.71. The van der Waals surface area contributed by atoms with Crippen LogP contribution in [0.4, 0.5) is 9.18 Å². The standard InChI is InChI=1S/C13H21FN2O5/c1-3-5-7-20-10-13(14,9(17)15-12(19)16-10)11(18)21-8-6-4-2/h10H,3-8H2,1-2H3,(H2,15,16,17,19). The Labute approximate surface area is 122 Å². The van der Waals surface area contributed by atoms with Crippen LogP contribution >= 0.6 is 0 Å². The molecular weight excluding hydrogens is 283 g/mol. The van der Waals surface area contributed by atoms with Crippen LogP contribution in [0.25, 0.3) is 0 Å². The van der Waals surface area contributed by atoms with Crippen molar-refractivity contribution < 1.29 is 28.2 Å². The molecule has 2 atom stereocenters. The van der Waals surface area contributed by atoms with E-state index in [4.69, 9.17) is 9.47 Å². The van der Waals surface area contributed by atoms with Gasteiger partial charge in [-0.1, -0.05) is 26.7 Å². The fraction of sp³-hybridized carbons (Fsp3) is 0.769. The number of nitrogens with one attached hydrogen (secondary N) is 2. The first-order valence-corrected chi connectivity index (χ1v) is 7.06. The number of carbonyl (C=O) groups excluding carboxylic acids is 3. The van der Waals surface area contributed by atoms with Gasteiger partial charge in [0.15, 0.2) is 6.23 Å². The van der Waals surface area contributed by atoms with Crippen molar-refractivity contribution in [3.8, 4) is 0 Å². The SMILES string of the molecule is CCCCOC(=O)C1(F)C(=O)NC(=O)NC1OCCCC. The average Bonchev–Trinajstić information content (AvgIpc) is 2.44. The summed E-state index contributed by atoms with van der Waals surface area (Å²) in [6.45, 7) is 3.90. The van der Waals surface area contributed by atoms with Crippen molar-refractivity contribution in [1.82, 2.24) is 10.6 Å². The Morgan fingerprint density at radius 2 is 1.86 bits per heavy atom. The van der Waals surface area contributed by atoms with Gasteiger partial charge in [-0.25, -0.2) is 14.0 Å². The Morgan fingerprint density at radius 3 is 2.48 bits per heavy atom. The van der Waals surface area contributed by atoms with Gasteiger partial charge in [-0.2, -0.15) is 0 Å². The maximum atomic E-state index is 14.8. The van der Waals surface area contributed by atoms with Crippen LogP contribution in [0.1, 0.15) is 39.5 Å². The van der Waals surface area contributed by atoms with Crippen LogP contribution in [0.3, 0.4) is 0 Å². The zero-order valence-corrected chi connectivity index (χ0v) is 12.2. The summed E-state index contributed by atoms with van der Waals surface area (Å²) >= 11 is 0. The molecule has 1 fully saturated rings. The highest BCUT2D eigenvalue weighted by Crippen LogP contribution is 2.23. The molecule has 0 aromatic rings. The minimum absolute atomic E-state index is 0.00388. The molecule has 1 heterocycles. The highest BCUT2D eigenvalue weighted by atomic mass is 19.1. The number of unbranched alkanes of at least 4 members (excludes halogenated alkanes) is 2. The Bertz CT molecular complexity index is 404. The Morgan fingerprint density at radius 1 is 1.24 bits per heavy atom. The third-order valence-corrected chi connectivity index (χ3v) is 2.99. The second-order valence-corrected chi connectivity index (χ2v) is 4.73. The number of hydrogen-bond acceptors (Lipinski definition) is 5. The predicted molar refractivity (Wildman–Crippen MR) is 71.0 cm³/mol. The number of imide groups is 1. The van der Waals surface area contributed by atoms with Gasteiger partial charge in [0.25, 0.3) is 5.91 Å². The van der Waals surface area contributed by atoms with E-state index in [2.05, 4.69) is 5.32 Å². The van der Waals surface area contributed by atoms with Gasteiger partial charge in [0.1, 0.15) is 0 Å². The highest BCUT2D eigenvalue weighted by molar-refractivity contribution is 6.14. The van der Waals surface area contributed by atoms with Gasteiger partial charge >= 0.3 is 17.7 Å². The van der Waals surface area contributed by atoms with E-state index < -0.39 is 29.8 Å². The van der Waals surface area contributed by atoms with Gasteiger partial charge < -0.3 is 14.8 Å². The quantitative estimate of drug-likeness (QED) is 0.397. The summed E-state index contributed by atoms with van der Waals surface area (Å²) in [5.41, 5.74) is -3.07. The first kappa shape index (κ1) is 17.4. The molecule has 0 saturated carbocycles. The number of halogens is 1. The number of amides is 3. The molecule has 1 saturated heterocycles. The summed E-state index contributed by atoms with van der Waals surface area (Å²) in [7, 11) is 0. The number of carbonyl (C=O) groups is 3. The van der Waals surface area contributed by atoms with Gasteiger partial charge in [-0.05, 0) is 12.8 Å². The van der Waals surface area contributed by atoms with Gasteiger partial charge in [-0.3, -0.25) is 10.1 Å². The van der Waals surface area contributed by atoms with Gasteiger partial charge in [0.2, 0.25) is 0 Å². The smallest absolute Gasteiger partial charge is 0.358 e. The lowest BCUT2D eigenvalue weighted by atomic mass is 10.0. The van der Waals surface area contributed by atoms with Crippen molar-refractivity contribution >= 4 is 17.9 Å². The maximum absolute atomic E-state index is 14.8. The Balaban J connectivity index is 2.80. The van der Waals surface area contributed by atoms with Crippen molar-refractivity contribution in [2.45, 2.75) is 51.4 Å². The van der Waals surface area contributed by atoms with Crippen LogP contribution in [0.15, 0.2) is 0 Å². The Hall–Kier alpha value is -1.70. The van der Waals surface area contributed by atoms with E-state index in [-0.39, 0.29) is 13.2 Å². The van der Waals surface area contributed by atoms with Gasteiger partial charge in [0.05, 0.1) is 6.61 Å². The van der Waals surface area contributed by atoms with Crippen LogP contribution < -0.4 is 10.6 Å². The molecule has 0 radical (unpaired) electrons. The van der Waals surface area contributed by atoms with Crippen molar-refractivity contribution in [2.75, 3.05) is 13.2 Å². The topological polar surface area (TPSA) is 93.7 Å². The molecule has 0 aromatic carbocycles. The zero-order valence-electron chi connectivity index (χ0n) is 12.2. The molecule has 0 bridgehead atoms. The second-order valence-electron chi connectivity index (χ2n) is 4.73. The van der Waals surface area contributed by atoms with Crippen LogP contribution in [0.5, 0.6) is 0 Å². The molecule has 7 nitrogen and oxygen atoms in total. The summed E-state index contributed by atoms with van der Waals surface area (Å²) in [6, 6.07) is -0.906. The van der Waals surface area contributed by atoms with Crippen LogP contribution in [-0.4, -0.2) is 43.0 Å². The van der Waals surface area contributed by atoms with Crippen LogP contribution in [0.2, 0.25) is 0 Å². The van der Waals surface area contributed by atoms with Crippen molar-refractivity contribution in [1.29, 1.82) is 0 Å². The fourth-order valence-corrected chi connectivity index (χ4v) is 1.68. The molecule has 0 aliphatic carbocycles. The summed E-state index contributed by atoms with van der Waals surface area (Å²) in [5.74, 6) is -2.72.